The molecule has 0 atom stereocenters. The lowest BCUT2D eigenvalue weighted by Crippen LogP contribution is -2.46. The monoisotopic (exact) mass is 378 g/mol. The summed E-state index contributed by atoms with van der Waals surface area (Å²) < 4.78 is 7.98. The predicted octanol–water partition coefficient (Wildman–Crippen LogP) is 2.29. The minimum Gasteiger partial charge on any atom is -0.490 e. The first-order chi connectivity index (χ1) is 13.6. The Balaban J connectivity index is 1.20. The van der Waals surface area contributed by atoms with Gasteiger partial charge in [-0.3, -0.25) is 9.20 Å². The summed E-state index contributed by atoms with van der Waals surface area (Å²) in [5.41, 5.74) is 1.92. The number of hydrogen-bond acceptors (Lipinski definition) is 5. The third kappa shape index (κ3) is 3.22. The lowest BCUT2D eigenvalue weighted by Gasteiger charge is -2.33. The molecule has 0 radical (unpaired) electrons. The minimum atomic E-state index is -1.07. The van der Waals surface area contributed by atoms with Gasteiger partial charge in [-0.1, -0.05) is 12.1 Å². The summed E-state index contributed by atoms with van der Waals surface area (Å²) in [4.78, 5) is 14.0. The van der Waals surface area contributed by atoms with E-state index in [0.29, 0.717) is 25.9 Å². The Morgan fingerprint density at radius 3 is 2.57 bits per heavy atom. The van der Waals surface area contributed by atoms with Crippen LogP contribution in [0.15, 0.2) is 48.9 Å². The lowest BCUT2D eigenvalue weighted by atomic mass is 10.1. The number of amides is 1. The SMILES string of the molecule is O=C(N1CCC(Oc2ccc(-c3ccn4cnnc4c3)cc2)CC1)C1(O)CC1. The van der Waals surface area contributed by atoms with Gasteiger partial charge in [0.05, 0.1) is 0 Å². The van der Waals surface area contributed by atoms with Crippen LogP contribution in [0.25, 0.3) is 16.8 Å². The number of aromatic nitrogens is 3. The number of fused-ring (bicyclic) bond motifs is 1. The quantitative estimate of drug-likeness (QED) is 0.754. The van der Waals surface area contributed by atoms with E-state index in [1.807, 2.05) is 47.0 Å². The molecule has 1 saturated carbocycles. The second-order valence-electron chi connectivity index (χ2n) is 7.68. The molecule has 7 nitrogen and oxygen atoms in total. The number of carbonyl (C=O) groups excluding carboxylic acids is 1. The van der Waals surface area contributed by atoms with E-state index < -0.39 is 5.60 Å². The van der Waals surface area contributed by atoms with Gasteiger partial charge in [0, 0.05) is 32.1 Å². The van der Waals surface area contributed by atoms with E-state index in [1.165, 1.54) is 0 Å². The van der Waals surface area contributed by atoms with Gasteiger partial charge >= 0.3 is 0 Å². The third-order valence-corrected chi connectivity index (χ3v) is 5.64. The fourth-order valence-corrected chi connectivity index (χ4v) is 3.72. The summed E-state index contributed by atoms with van der Waals surface area (Å²) in [7, 11) is 0. The fraction of sp³-hybridized carbons (Fsp3) is 0.381. The van der Waals surface area contributed by atoms with E-state index in [9.17, 15) is 9.90 Å². The van der Waals surface area contributed by atoms with Crippen LogP contribution in [0.5, 0.6) is 5.75 Å². The maximum Gasteiger partial charge on any atom is 0.254 e. The molecule has 144 valence electrons. The van der Waals surface area contributed by atoms with Crippen molar-refractivity contribution < 1.29 is 14.6 Å². The van der Waals surface area contributed by atoms with Crippen molar-refractivity contribution in [2.45, 2.75) is 37.4 Å². The number of rotatable bonds is 4. The van der Waals surface area contributed by atoms with Crippen molar-refractivity contribution in [1.29, 1.82) is 0 Å². The van der Waals surface area contributed by atoms with Crippen molar-refractivity contribution in [3.8, 4) is 16.9 Å². The Morgan fingerprint density at radius 1 is 1.11 bits per heavy atom. The first-order valence-electron chi connectivity index (χ1n) is 9.69. The Bertz CT molecular complexity index is 1000. The topological polar surface area (TPSA) is 80.0 Å². The van der Waals surface area contributed by atoms with Crippen molar-refractivity contribution in [3.63, 3.8) is 0 Å². The largest absolute Gasteiger partial charge is 0.490 e. The Kier molecular flexibility index (Phi) is 4.05. The highest BCUT2D eigenvalue weighted by Crippen LogP contribution is 2.37. The molecule has 2 aromatic heterocycles. The van der Waals surface area contributed by atoms with E-state index in [1.54, 1.807) is 11.2 Å². The average Bonchev–Trinajstić information content (AvgIpc) is 3.31. The standard InChI is InChI=1S/C21H22N4O3/c26-20(21(27)8-9-21)24-11-6-18(7-12-24)28-17-3-1-15(2-4-17)16-5-10-25-14-22-23-19(25)13-16/h1-5,10,13-14,18,27H,6-9,11-12H2. The van der Waals surface area contributed by atoms with Gasteiger partial charge in [-0.05, 0) is 48.2 Å². The summed E-state index contributed by atoms with van der Waals surface area (Å²) in [5, 5.41) is 18.0. The van der Waals surface area contributed by atoms with E-state index >= 15 is 0 Å². The maximum absolute atomic E-state index is 12.2. The molecule has 2 fully saturated rings. The number of ether oxygens (including phenoxy) is 1. The molecule has 1 N–H and O–H groups in total. The van der Waals surface area contributed by atoms with Crippen LogP contribution >= 0.6 is 0 Å². The molecule has 0 spiro atoms. The summed E-state index contributed by atoms with van der Waals surface area (Å²) in [6.45, 7) is 1.28. The average molecular weight is 378 g/mol. The summed E-state index contributed by atoms with van der Waals surface area (Å²) >= 11 is 0. The molecule has 1 amide bonds. The number of aliphatic hydroxyl groups is 1. The van der Waals surface area contributed by atoms with Gasteiger partial charge < -0.3 is 14.7 Å². The van der Waals surface area contributed by atoms with Crippen molar-refractivity contribution in [2.24, 2.45) is 0 Å². The second kappa shape index (κ2) is 6.60. The second-order valence-corrected chi connectivity index (χ2v) is 7.68. The van der Waals surface area contributed by atoms with E-state index in [4.69, 9.17) is 4.74 Å². The highest BCUT2D eigenvalue weighted by atomic mass is 16.5. The molecule has 1 aliphatic carbocycles. The Labute approximate surface area is 162 Å². The molecule has 5 rings (SSSR count). The van der Waals surface area contributed by atoms with Crippen LogP contribution in [0.2, 0.25) is 0 Å². The van der Waals surface area contributed by atoms with E-state index in [2.05, 4.69) is 10.2 Å². The summed E-state index contributed by atoms with van der Waals surface area (Å²) in [6, 6.07) is 12.1. The molecule has 7 heteroatoms. The normalized spacial score (nSPS) is 19.0. The number of likely N-dealkylation sites (tertiary alicyclic amines) is 1. The number of carbonyl (C=O) groups is 1. The van der Waals surface area contributed by atoms with Crippen LogP contribution in [0.3, 0.4) is 0 Å². The smallest absolute Gasteiger partial charge is 0.254 e. The van der Waals surface area contributed by atoms with E-state index in [-0.39, 0.29) is 12.0 Å². The molecule has 1 aromatic carbocycles. The Hall–Kier alpha value is -2.93. The third-order valence-electron chi connectivity index (χ3n) is 5.64. The molecule has 3 aromatic rings. The molecule has 1 saturated heterocycles. The van der Waals surface area contributed by atoms with Crippen LogP contribution in [-0.2, 0) is 4.79 Å². The number of nitrogens with zero attached hydrogens (tertiary/aromatic N) is 4. The first kappa shape index (κ1) is 17.2. The molecule has 2 aliphatic rings. The summed E-state index contributed by atoms with van der Waals surface area (Å²) in [5.74, 6) is 0.720. The van der Waals surface area contributed by atoms with Crippen LogP contribution in [-0.4, -0.2) is 55.3 Å². The van der Waals surface area contributed by atoms with Crippen molar-refractivity contribution in [1.82, 2.24) is 19.5 Å². The number of piperidine rings is 1. The molecule has 0 unspecified atom stereocenters. The van der Waals surface area contributed by atoms with Crippen molar-refractivity contribution in [3.05, 3.63) is 48.9 Å². The molecule has 0 bridgehead atoms. The zero-order chi connectivity index (χ0) is 19.1. The minimum absolute atomic E-state index is 0.0936. The highest BCUT2D eigenvalue weighted by molar-refractivity contribution is 5.87. The molecule has 28 heavy (non-hydrogen) atoms. The molecular weight excluding hydrogens is 356 g/mol. The van der Waals surface area contributed by atoms with Crippen LogP contribution in [0.4, 0.5) is 0 Å². The number of benzene rings is 1. The van der Waals surface area contributed by atoms with Gasteiger partial charge in [-0.25, -0.2) is 0 Å². The van der Waals surface area contributed by atoms with Gasteiger partial charge in [0.2, 0.25) is 0 Å². The van der Waals surface area contributed by atoms with Gasteiger partial charge in [-0.15, -0.1) is 10.2 Å². The van der Waals surface area contributed by atoms with E-state index in [0.717, 1.165) is 35.4 Å². The number of pyridine rings is 1. The van der Waals surface area contributed by atoms with Gasteiger partial charge in [0.25, 0.3) is 5.91 Å². The maximum atomic E-state index is 12.2. The van der Waals surface area contributed by atoms with Gasteiger partial charge in [-0.2, -0.15) is 0 Å². The Morgan fingerprint density at radius 2 is 1.86 bits per heavy atom. The highest BCUT2D eigenvalue weighted by Gasteiger charge is 2.50. The predicted molar refractivity (Wildman–Crippen MR) is 103 cm³/mol. The summed E-state index contributed by atoms with van der Waals surface area (Å²) in [6.07, 6.45) is 6.48. The van der Waals surface area contributed by atoms with Crippen molar-refractivity contribution >= 4 is 11.6 Å². The van der Waals surface area contributed by atoms with Crippen LogP contribution in [0.1, 0.15) is 25.7 Å². The number of hydrogen-bond donors (Lipinski definition) is 1. The molecular formula is C21H22N4O3. The lowest BCUT2D eigenvalue weighted by molar-refractivity contribution is -0.144. The first-order valence-corrected chi connectivity index (χ1v) is 9.69. The van der Waals surface area contributed by atoms with Gasteiger partial charge in [0.1, 0.15) is 23.8 Å². The zero-order valence-corrected chi connectivity index (χ0v) is 15.5. The van der Waals surface area contributed by atoms with Crippen molar-refractivity contribution in [2.75, 3.05) is 13.1 Å². The van der Waals surface area contributed by atoms with Crippen LogP contribution in [0, 0.1) is 0 Å². The zero-order valence-electron chi connectivity index (χ0n) is 15.5. The molecule has 3 heterocycles. The van der Waals surface area contributed by atoms with Gasteiger partial charge in [0.15, 0.2) is 5.65 Å². The fourth-order valence-electron chi connectivity index (χ4n) is 3.72. The van der Waals surface area contributed by atoms with Crippen LogP contribution < -0.4 is 4.74 Å². The molecule has 1 aliphatic heterocycles.